The van der Waals surface area contributed by atoms with Crippen LogP contribution in [0, 0.1) is 0 Å². The van der Waals surface area contributed by atoms with Gasteiger partial charge in [0.1, 0.15) is 0 Å². The maximum absolute atomic E-state index is 6.14. The van der Waals surface area contributed by atoms with Crippen molar-refractivity contribution in [2.45, 2.75) is 32.2 Å². The van der Waals surface area contributed by atoms with Gasteiger partial charge < -0.3 is 4.90 Å². The van der Waals surface area contributed by atoms with Crippen molar-refractivity contribution in [1.29, 1.82) is 0 Å². The summed E-state index contributed by atoms with van der Waals surface area (Å²) in [5.74, 6) is 1.58. The Bertz CT molecular complexity index is 590. The van der Waals surface area contributed by atoms with Crippen molar-refractivity contribution in [2.24, 2.45) is 0 Å². The van der Waals surface area contributed by atoms with E-state index in [0.717, 1.165) is 42.7 Å². The Morgan fingerprint density at radius 1 is 1.25 bits per heavy atom. The van der Waals surface area contributed by atoms with Crippen molar-refractivity contribution >= 4 is 33.7 Å². The first-order valence-corrected chi connectivity index (χ1v) is 8.42. The molecule has 0 amide bonds. The number of imidazole rings is 1. The lowest BCUT2D eigenvalue weighted by Crippen LogP contribution is -2.53. The van der Waals surface area contributed by atoms with E-state index >= 15 is 0 Å². The fourth-order valence-electron chi connectivity index (χ4n) is 2.79. The maximum atomic E-state index is 6.14. The molecule has 0 aromatic carbocycles. The molecular weight excluding hydrogens is 292 g/mol. The minimum absolute atomic E-state index is 0.246. The van der Waals surface area contributed by atoms with E-state index < -0.39 is 0 Å². The van der Waals surface area contributed by atoms with Gasteiger partial charge in [-0.3, -0.25) is 9.30 Å². The van der Waals surface area contributed by atoms with Crippen LogP contribution in [0.5, 0.6) is 0 Å². The zero-order chi connectivity index (χ0) is 14.3. The molecule has 3 rings (SSSR count). The van der Waals surface area contributed by atoms with Crippen LogP contribution in [0.2, 0.25) is 0 Å². The van der Waals surface area contributed by atoms with Crippen LogP contribution in [0.3, 0.4) is 0 Å². The van der Waals surface area contributed by atoms with Crippen LogP contribution in [0.25, 0.3) is 4.96 Å². The molecule has 6 heteroatoms. The Morgan fingerprint density at radius 2 is 1.95 bits per heavy atom. The van der Waals surface area contributed by atoms with Crippen LogP contribution < -0.4 is 4.90 Å². The number of halogens is 1. The quantitative estimate of drug-likeness (QED) is 0.796. The number of nitrogens with zero attached hydrogens (tertiary/aromatic N) is 4. The van der Waals surface area contributed by atoms with Gasteiger partial charge in [0, 0.05) is 43.3 Å². The Kier molecular flexibility index (Phi) is 3.69. The molecule has 0 saturated carbocycles. The van der Waals surface area contributed by atoms with Gasteiger partial charge in [-0.05, 0) is 20.8 Å². The third-order valence-electron chi connectivity index (χ3n) is 3.99. The molecule has 1 saturated heterocycles. The third kappa shape index (κ3) is 2.43. The molecule has 2 aromatic rings. The van der Waals surface area contributed by atoms with Crippen LogP contribution in [0.1, 0.15) is 26.5 Å². The van der Waals surface area contributed by atoms with Crippen LogP contribution in [-0.4, -0.2) is 46.0 Å². The molecule has 20 heavy (non-hydrogen) atoms. The molecule has 0 spiro atoms. The van der Waals surface area contributed by atoms with Crippen LogP contribution in [-0.2, 0) is 5.88 Å². The van der Waals surface area contributed by atoms with Crippen molar-refractivity contribution in [1.82, 2.24) is 14.3 Å². The van der Waals surface area contributed by atoms with E-state index in [2.05, 4.69) is 46.5 Å². The number of alkyl halides is 1. The van der Waals surface area contributed by atoms with Gasteiger partial charge in [-0.25, -0.2) is 4.98 Å². The van der Waals surface area contributed by atoms with Crippen molar-refractivity contribution in [3.8, 4) is 0 Å². The normalized spacial score (nSPS) is 18.1. The lowest BCUT2D eigenvalue weighted by molar-refractivity contribution is 0.128. The predicted molar refractivity (Wildman–Crippen MR) is 86.2 cm³/mol. The van der Waals surface area contributed by atoms with Gasteiger partial charge in [0.2, 0.25) is 0 Å². The first kappa shape index (κ1) is 14.2. The summed E-state index contributed by atoms with van der Waals surface area (Å²) in [6.45, 7) is 11.0. The number of rotatable bonds is 2. The molecule has 1 aliphatic rings. The second kappa shape index (κ2) is 5.20. The van der Waals surface area contributed by atoms with Gasteiger partial charge in [-0.1, -0.05) is 0 Å². The van der Waals surface area contributed by atoms with Crippen molar-refractivity contribution in [3.63, 3.8) is 0 Å². The number of hydrogen-bond donors (Lipinski definition) is 0. The second-order valence-electron chi connectivity index (χ2n) is 6.22. The summed E-state index contributed by atoms with van der Waals surface area (Å²) in [5.41, 5.74) is 1.36. The molecule has 0 atom stereocenters. The van der Waals surface area contributed by atoms with Crippen LogP contribution >= 0.6 is 22.9 Å². The number of thiazole rings is 1. The highest BCUT2D eigenvalue weighted by Crippen LogP contribution is 2.27. The van der Waals surface area contributed by atoms with E-state index in [4.69, 9.17) is 16.6 Å². The van der Waals surface area contributed by atoms with E-state index in [1.54, 1.807) is 11.3 Å². The van der Waals surface area contributed by atoms with Gasteiger partial charge in [0.25, 0.3) is 0 Å². The molecule has 1 aliphatic heterocycles. The van der Waals surface area contributed by atoms with Crippen molar-refractivity contribution in [2.75, 3.05) is 31.1 Å². The van der Waals surface area contributed by atoms with Gasteiger partial charge in [0.05, 0.1) is 11.6 Å². The van der Waals surface area contributed by atoms with Crippen LogP contribution in [0.4, 0.5) is 5.82 Å². The van der Waals surface area contributed by atoms with Gasteiger partial charge in [-0.15, -0.1) is 22.9 Å². The number of fused-ring (bicyclic) bond motifs is 1. The summed E-state index contributed by atoms with van der Waals surface area (Å²) in [6, 6.07) is 0. The molecule has 0 N–H and O–H groups in total. The molecular formula is C14H21ClN4S. The summed E-state index contributed by atoms with van der Waals surface area (Å²) in [6.07, 6.45) is 2.06. The molecule has 0 aliphatic carbocycles. The largest absolute Gasteiger partial charge is 0.352 e. The molecule has 2 aromatic heterocycles. The highest BCUT2D eigenvalue weighted by molar-refractivity contribution is 7.15. The minimum Gasteiger partial charge on any atom is -0.352 e. The number of anilines is 1. The molecule has 3 heterocycles. The highest BCUT2D eigenvalue weighted by atomic mass is 35.5. The molecule has 110 valence electrons. The molecule has 0 bridgehead atoms. The SMILES string of the molecule is CC(C)(C)N1CCN(c2nc3sccn3c2CCl)CC1. The van der Waals surface area contributed by atoms with Gasteiger partial charge in [-0.2, -0.15) is 0 Å². The average molecular weight is 313 g/mol. The van der Waals surface area contributed by atoms with E-state index in [0.29, 0.717) is 5.88 Å². The molecule has 1 fully saturated rings. The fraction of sp³-hybridized carbons (Fsp3) is 0.643. The topological polar surface area (TPSA) is 23.8 Å². The Labute approximate surface area is 129 Å². The lowest BCUT2D eigenvalue weighted by atomic mass is 10.0. The number of piperazine rings is 1. The summed E-state index contributed by atoms with van der Waals surface area (Å²) < 4.78 is 2.11. The standard InChI is InChI=1S/C14H21ClN4S/c1-14(2,3)18-6-4-17(5-7-18)12-11(10-15)19-8-9-20-13(19)16-12/h8-9H,4-7,10H2,1-3H3. The molecule has 4 nitrogen and oxygen atoms in total. The summed E-state index contributed by atoms with van der Waals surface area (Å²) in [4.78, 5) is 10.7. The van der Waals surface area contributed by atoms with Gasteiger partial charge >= 0.3 is 0 Å². The first-order chi connectivity index (χ1) is 9.50. The zero-order valence-electron chi connectivity index (χ0n) is 12.3. The smallest absolute Gasteiger partial charge is 0.195 e. The minimum atomic E-state index is 0.246. The monoisotopic (exact) mass is 312 g/mol. The second-order valence-corrected chi connectivity index (χ2v) is 7.36. The lowest BCUT2D eigenvalue weighted by Gasteiger charge is -2.42. The van der Waals surface area contributed by atoms with Crippen LogP contribution in [0.15, 0.2) is 11.6 Å². The van der Waals surface area contributed by atoms with E-state index in [1.165, 1.54) is 0 Å². The predicted octanol–water partition coefficient (Wildman–Crippen LogP) is 3.06. The molecule has 0 unspecified atom stereocenters. The van der Waals surface area contributed by atoms with E-state index in [-0.39, 0.29) is 5.54 Å². The fourth-order valence-corrected chi connectivity index (χ4v) is 3.76. The Hall–Kier alpha value is -0.780. The summed E-state index contributed by atoms with van der Waals surface area (Å²) in [7, 11) is 0. The highest BCUT2D eigenvalue weighted by Gasteiger charge is 2.28. The first-order valence-electron chi connectivity index (χ1n) is 7.01. The Morgan fingerprint density at radius 3 is 2.55 bits per heavy atom. The van der Waals surface area contributed by atoms with E-state index in [1.807, 2.05) is 0 Å². The average Bonchev–Trinajstić information content (AvgIpc) is 2.97. The number of aromatic nitrogens is 2. The van der Waals surface area contributed by atoms with Crippen molar-refractivity contribution < 1.29 is 0 Å². The van der Waals surface area contributed by atoms with Gasteiger partial charge in [0.15, 0.2) is 10.8 Å². The van der Waals surface area contributed by atoms with E-state index in [9.17, 15) is 0 Å². The Balaban J connectivity index is 1.81. The third-order valence-corrected chi connectivity index (χ3v) is 5.00. The zero-order valence-corrected chi connectivity index (χ0v) is 13.8. The maximum Gasteiger partial charge on any atom is 0.195 e. The molecule has 0 radical (unpaired) electrons. The van der Waals surface area contributed by atoms with Crippen molar-refractivity contribution in [3.05, 3.63) is 17.3 Å². The summed E-state index contributed by atoms with van der Waals surface area (Å²) in [5, 5.41) is 2.06. The number of hydrogen-bond acceptors (Lipinski definition) is 4. The summed E-state index contributed by atoms with van der Waals surface area (Å²) >= 11 is 7.80.